The largest absolute Gasteiger partial charge is 0.294 e. The zero-order valence-electron chi connectivity index (χ0n) is 14.2. The number of hydrogen-bond donors (Lipinski definition) is 1. The lowest BCUT2D eigenvalue weighted by Crippen LogP contribution is -2.22. The van der Waals surface area contributed by atoms with Crippen molar-refractivity contribution in [2.75, 3.05) is 0 Å². The third-order valence-electron chi connectivity index (χ3n) is 4.84. The summed E-state index contributed by atoms with van der Waals surface area (Å²) in [5.74, 6) is 0.497. The second-order valence-electron chi connectivity index (χ2n) is 6.74. The van der Waals surface area contributed by atoms with Crippen LogP contribution in [-0.2, 0) is 19.3 Å². The quantitative estimate of drug-likeness (QED) is 0.827. The van der Waals surface area contributed by atoms with Crippen LogP contribution >= 0.6 is 0 Å². The highest BCUT2D eigenvalue weighted by Crippen LogP contribution is 2.26. The summed E-state index contributed by atoms with van der Waals surface area (Å²) in [4.78, 5) is 23.9. The Morgan fingerprint density at radius 1 is 1.29 bits per heavy atom. The SMILES string of the molecule is CCCCc1ccc(C(=O)CC2CCc3n[nH]c(=O)cc3C2)cc1. The summed E-state index contributed by atoms with van der Waals surface area (Å²) in [5.41, 5.74) is 3.90. The Morgan fingerprint density at radius 3 is 2.83 bits per heavy atom. The Bertz CT molecular complexity index is 762. The van der Waals surface area contributed by atoms with E-state index >= 15 is 0 Å². The summed E-state index contributed by atoms with van der Waals surface area (Å²) in [7, 11) is 0. The highest BCUT2D eigenvalue weighted by Gasteiger charge is 2.22. The maximum absolute atomic E-state index is 12.5. The topological polar surface area (TPSA) is 62.8 Å². The van der Waals surface area contributed by atoms with Crippen molar-refractivity contribution in [3.63, 3.8) is 0 Å². The molecule has 0 fully saturated rings. The van der Waals surface area contributed by atoms with Gasteiger partial charge in [-0.2, -0.15) is 5.10 Å². The highest BCUT2D eigenvalue weighted by molar-refractivity contribution is 5.96. The average molecular weight is 324 g/mol. The molecule has 0 radical (unpaired) electrons. The van der Waals surface area contributed by atoms with Crippen LogP contribution in [0.2, 0.25) is 0 Å². The minimum absolute atomic E-state index is 0.164. The summed E-state index contributed by atoms with van der Waals surface area (Å²) in [6.07, 6.45) is 6.54. The van der Waals surface area contributed by atoms with Gasteiger partial charge < -0.3 is 0 Å². The third-order valence-corrected chi connectivity index (χ3v) is 4.84. The van der Waals surface area contributed by atoms with Gasteiger partial charge in [-0.25, -0.2) is 5.10 Å². The van der Waals surface area contributed by atoms with Crippen LogP contribution in [0.5, 0.6) is 0 Å². The fraction of sp³-hybridized carbons (Fsp3) is 0.450. The van der Waals surface area contributed by atoms with Crippen molar-refractivity contribution in [1.82, 2.24) is 10.2 Å². The Balaban J connectivity index is 1.62. The van der Waals surface area contributed by atoms with E-state index < -0.39 is 0 Å². The number of H-pyrrole nitrogens is 1. The van der Waals surface area contributed by atoms with Crippen molar-refractivity contribution in [2.24, 2.45) is 5.92 Å². The number of Topliss-reactive ketones (excluding diaryl/α,β-unsaturated/α-hetero) is 1. The molecular weight excluding hydrogens is 300 g/mol. The molecule has 1 atom stereocenters. The molecule has 0 aliphatic heterocycles. The van der Waals surface area contributed by atoms with E-state index in [1.165, 1.54) is 18.4 Å². The number of rotatable bonds is 6. The van der Waals surface area contributed by atoms with Crippen LogP contribution in [0.4, 0.5) is 0 Å². The van der Waals surface area contributed by atoms with Gasteiger partial charge in [0.2, 0.25) is 0 Å². The molecule has 0 spiro atoms. The summed E-state index contributed by atoms with van der Waals surface area (Å²) >= 11 is 0. The van der Waals surface area contributed by atoms with E-state index in [0.717, 1.165) is 42.5 Å². The fourth-order valence-corrected chi connectivity index (χ4v) is 3.41. The van der Waals surface area contributed by atoms with Gasteiger partial charge in [-0.3, -0.25) is 9.59 Å². The minimum Gasteiger partial charge on any atom is -0.294 e. The normalized spacial score (nSPS) is 16.6. The van der Waals surface area contributed by atoms with E-state index in [-0.39, 0.29) is 11.3 Å². The molecular formula is C20H24N2O2. The average Bonchev–Trinajstić information content (AvgIpc) is 2.60. The predicted octanol–water partition coefficient (Wildman–Crippen LogP) is 3.49. The number of fused-ring (bicyclic) bond motifs is 1. The monoisotopic (exact) mass is 324 g/mol. The molecule has 0 bridgehead atoms. The highest BCUT2D eigenvalue weighted by atomic mass is 16.1. The fourth-order valence-electron chi connectivity index (χ4n) is 3.41. The molecule has 0 saturated heterocycles. The lowest BCUT2D eigenvalue weighted by molar-refractivity contribution is 0.0957. The first kappa shape index (κ1) is 16.6. The van der Waals surface area contributed by atoms with Gasteiger partial charge in [0.05, 0.1) is 5.69 Å². The maximum atomic E-state index is 12.5. The van der Waals surface area contributed by atoms with Gasteiger partial charge in [0, 0.05) is 18.1 Å². The number of aromatic nitrogens is 2. The molecule has 4 heteroatoms. The number of carbonyl (C=O) groups excluding carboxylic acids is 1. The predicted molar refractivity (Wildman–Crippen MR) is 94.4 cm³/mol. The molecule has 1 heterocycles. The van der Waals surface area contributed by atoms with Crippen LogP contribution in [0.25, 0.3) is 0 Å². The molecule has 3 rings (SSSR count). The molecule has 1 aliphatic carbocycles. The number of hydrogen-bond acceptors (Lipinski definition) is 3. The van der Waals surface area contributed by atoms with Gasteiger partial charge in [-0.1, -0.05) is 37.6 Å². The van der Waals surface area contributed by atoms with E-state index in [4.69, 9.17) is 0 Å². The van der Waals surface area contributed by atoms with E-state index in [0.29, 0.717) is 12.3 Å². The van der Waals surface area contributed by atoms with Crippen molar-refractivity contribution < 1.29 is 4.79 Å². The van der Waals surface area contributed by atoms with Crippen LogP contribution < -0.4 is 5.56 Å². The van der Waals surface area contributed by atoms with Crippen LogP contribution in [0.15, 0.2) is 35.1 Å². The standard InChI is InChI=1S/C20H24N2O2/c1-2-3-4-14-5-8-16(9-6-14)19(23)12-15-7-10-18-17(11-15)13-20(24)22-21-18/h5-6,8-9,13,15H,2-4,7,10-12H2,1H3,(H,22,24). The molecule has 2 aromatic rings. The summed E-state index contributed by atoms with van der Waals surface area (Å²) in [5, 5.41) is 6.59. The first-order valence-corrected chi connectivity index (χ1v) is 8.85. The molecule has 4 nitrogen and oxygen atoms in total. The van der Waals surface area contributed by atoms with Gasteiger partial charge >= 0.3 is 0 Å². The Kier molecular flexibility index (Phi) is 5.24. The molecule has 24 heavy (non-hydrogen) atoms. The lowest BCUT2D eigenvalue weighted by Gasteiger charge is -2.22. The van der Waals surface area contributed by atoms with Crippen molar-refractivity contribution in [1.29, 1.82) is 0 Å². The summed E-state index contributed by atoms with van der Waals surface area (Å²) in [6, 6.07) is 9.68. The molecule has 0 saturated carbocycles. The molecule has 1 aromatic heterocycles. The number of aromatic amines is 1. The van der Waals surface area contributed by atoms with E-state index in [1.807, 2.05) is 12.1 Å². The van der Waals surface area contributed by atoms with Gasteiger partial charge in [-0.05, 0) is 49.1 Å². The van der Waals surface area contributed by atoms with Crippen LogP contribution in [0.1, 0.15) is 59.8 Å². The third kappa shape index (κ3) is 3.99. The van der Waals surface area contributed by atoms with Crippen LogP contribution in [0, 0.1) is 5.92 Å². The van der Waals surface area contributed by atoms with Crippen LogP contribution in [0.3, 0.4) is 0 Å². The number of nitrogens with one attached hydrogen (secondary N) is 1. The number of unbranched alkanes of at least 4 members (excludes halogenated alkanes) is 1. The van der Waals surface area contributed by atoms with Gasteiger partial charge in [-0.15, -0.1) is 0 Å². The number of ketones is 1. The summed E-state index contributed by atoms with van der Waals surface area (Å²) < 4.78 is 0. The number of benzene rings is 1. The number of aryl methyl sites for hydroxylation is 2. The molecule has 126 valence electrons. The Morgan fingerprint density at radius 2 is 2.08 bits per heavy atom. The van der Waals surface area contributed by atoms with E-state index in [1.54, 1.807) is 6.07 Å². The van der Waals surface area contributed by atoms with Crippen molar-refractivity contribution in [3.05, 3.63) is 63.1 Å². The zero-order chi connectivity index (χ0) is 16.9. The summed E-state index contributed by atoms with van der Waals surface area (Å²) in [6.45, 7) is 2.18. The van der Waals surface area contributed by atoms with Gasteiger partial charge in [0.1, 0.15) is 0 Å². The number of carbonyl (C=O) groups is 1. The second-order valence-corrected chi connectivity index (χ2v) is 6.74. The molecule has 0 amide bonds. The molecule has 1 unspecified atom stereocenters. The number of nitrogens with zero attached hydrogens (tertiary/aromatic N) is 1. The van der Waals surface area contributed by atoms with Crippen molar-refractivity contribution >= 4 is 5.78 Å². The zero-order valence-corrected chi connectivity index (χ0v) is 14.2. The molecule has 1 N–H and O–H groups in total. The maximum Gasteiger partial charge on any atom is 0.264 e. The van der Waals surface area contributed by atoms with E-state index in [2.05, 4.69) is 29.3 Å². The molecule has 1 aromatic carbocycles. The minimum atomic E-state index is -0.164. The van der Waals surface area contributed by atoms with Crippen LogP contribution in [-0.4, -0.2) is 16.0 Å². The smallest absolute Gasteiger partial charge is 0.264 e. The molecule has 1 aliphatic rings. The Hall–Kier alpha value is -2.23. The Labute approximate surface area is 142 Å². The van der Waals surface area contributed by atoms with Gasteiger partial charge in [0.15, 0.2) is 5.78 Å². The van der Waals surface area contributed by atoms with Crippen molar-refractivity contribution in [2.45, 2.75) is 51.9 Å². The first-order valence-electron chi connectivity index (χ1n) is 8.85. The van der Waals surface area contributed by atoms with E-state index in [9.17, 15) is 9.59 Å². The second kappa shape index (κ2) is 7.56. The van der Waals surface area contributed by atoms with Gasteiger partial charge in [0.25, 0.3) is 5.56 Å². The lowest BCUT2D eigenvalue weighted by atomic mass is 9.83. The van der Waals surface area contributed by atoms with Crippen molar-refractivity contribution in [3.8, 4) is 0 Å². The first-order chi connectivity index (χ1) is 11.7.